The van der Waals surface area contributed by atoms with Crippen LogP contribution in [0.25, 0.3) is 5.70 Å². The number of amides is 1. The number of rotatable bonds is 11. The molecule has 4 heteroatoms. The average Bonchev–Trinajstić information content (AvgIpc) is 2.72. The quantitative estimate of drug-likeness (QED) is 0.303. The first-order valence-corrected chi connectivity index (χ1v) is 11.2. The van der Waals surface area contributed by atoms with E-state index in [1.165, 1.54) is 5.56 Å². The van der Waals surface area contributed by atoms with Gasteiger partial charge in [-0.2, -0.15) is 0 Å². The first kappa shape index (κ1) is 25.7. The van der Waals surface area contributed by atoms with Crippen LogP contribution in [0.15, 0.2) is 34.9 Å². The van der Waals surface area contributed by atoms with Crippen molar-refractivity contribution in [2.24, 2.45) is 0 Å². The molecule has 0 aliphatic heterocycles. The van der Waals surface area contributed by atoms with E-state index in [-0.39, 0.29) is 5.91 Å². The molecule has 0 fully saturated rings. The van der Waals surface area contributed by atoms with Gasteiger partial charge in [-0.05, 0) is 83.1 Å². The van der Waals surface area contributed by atoms with Crippen LogP contribution in [0.4, 0.5) is 0 Å². The molecular formula is C26H40N2O2. The fraction of sp³-hybridized carbons (Fsp3) is 0.538. The zero-order chi connectivity index (χ0) is 22.8. The standard InChI is InChI=1S/C26H40N2O2/c1-9-13-23(27)18(7)19(8)26(29)28-25(17(5)6)22-16-21(20(10-2)11-3)14-15-24(22)30-12-4/h14-16,20,27H,9-13H2,1-8H3,(H,28,29)/b19-18+,27-23?. The van der Waals surface area contributed by atoms with Gasteiger partial charge in [0.05, 0.1) is 12.3 Å². The lowest BCUT2D eigenvalue weighted by molar-refractivity contribution is -0.116. The molecule has 0 spiro atoms. The fourth-order valence-electron chi connectivity index (χ4n) is 3.54. The topological polar surface area (TPSA) is 62.2 Å². The molecule has 0 aliphatic rings. The number of carbonyl (C=O) groups excluding carboxylic acids is 1. The molecule has 0 heterocycles. The maximum Gasteiger partial charge on any atom is 0.251 e. The first-order chi connectivity index (χ1) is 14.2. The van der Waals surface area contributed by atoms with E-state index >= 15 is 0 Å². The van der Waals surface area contributed by atoms with E-state index in [4.69, 9.17) is 10.1 Å². The molecule has 166 valence electrons. The summed E-state index contributed by atoms with van der Waals surface area (Å²) >= 11 is 0. The summed E-state index contributed by atoms with van der Waals surface area (Å²) in [5.74, 6) is 1.09. The second kappa shape index (κ2) is 12.4. The van der Waals surface area contributed by atoms with Crippen LogP contribution in [-0.4, -0.2) is 18.2 Å². The van der Waals surface area contributed by atoms with Gasteiger partial charge in [-0.3, -0.25) is 4.79 Å². The lowest BCUT2D eigenvalue weighted by atomic mass is 9.91. The third kappa shape index (κ3) is 6.58. The van der Waals surface area contributed by atoms with Crippen molar-refractivity contribution in [3.8, 4) is 5.75 Å². The number of carbonyl (C=O) groups is 1. The van der Waals surface area contributed by atoms with Gasteiger partial charge in [0.1, 0.15) is 5.75 Å². The van der Waals surface area contributed by atoms with Crippen LogP contribution in [0, 0.1) is 5.41 Å². The minimum absolute atomic E-state index is 0.167. The molecule has 0 saturated carbocycles. The maximum atomic E-state index is 13.0. The van der Waals surface area contributed by atoms with Crippen LogP contribution in [-0.2, 0) is 4.79 Å². The Morgan fingerprint density at radius 3 is 2.17 bits per heavy atom. The van der Waals surface area contributed by atoms with Gasteiger partial charge in [0, 0.05) is 16.8 Å². The molecule has 0 radical (unpaired) electrons. The van der Waals surface area contributed by atoms with E-state index < -0.39 is 0 Å². The summed E-state index contributed by atoms with van der Waals surface area (Å²) in [7, 11) is 0. The molecule has 0 aromatic heterocycles. The number of allylic oxidation sites excluding steroid dienone is 2. The monoisotopic (exact) mass is 412 g/mol. The molecule has 1 rings (SSSR count). The molecule has 1 aromatic carbocycles. The average molecular weight is 413 g/mol. The Balaban J connectivity index is 3.41. The lowest BCUT2D eigenvalue weighted by Crippen LogP contribution is -2.25. The number of ether oxygens (including phenoxy) is 1. The number of hydrogen-bond donors (Lipinski definition) is 2. The van der Waals surface area contributed by atoms with Crippen molar-refractivity contribution in [3.63, 3.8) is 0 Å². The Morgan fingerprint density at radius 1 is 1.03 bits per heavy atom. The smallest absolute Gasteiger partial charge is 0.251 e. The van der Waals surface area contributed by atoms with Gasteiger partial charge in [0.25, 0.3) is 5.91 Å². The van der Waals surface area contributed by atoms with E-state index in [1.807, 2.05) is 40.7 Å². The van der Waals surface area contributed by atoms with Crippen molar-refractivity contribution in [3.05, 3.63) is 46.0 Å². The highest BCUT2D eigenvalue weighted by atomic mass is 16.5. The molecule has 0 unspecified atom stereocenters. The van der Waals surface area contributed by atoms with E-state index in [2.05, 4.69) is 31.3 Å². The Kier molecular flexibility index (Phi) is 10.6. The predicted octanol–water partition coefficient (Wildman–Crippen LogP) is 7.01. The summed E-state index contributed by atoms with van der Waals surface area (Å²) in [6.07, 6.45) is 3.71. The molecule has 4 nitrogen and oxygen atoms in total. The van der Waals surface area contributed by atoms with E-state index in [0.29, 0.717) is 30.2 Å². The fourth-order valence-corrected chi connectivity index (χ4v) is 3.54. The Morgan fingerprint density at radius 2 is 1.67 bits per heavy atom. The molecule has 1 aromatic rings. The minimum atomic E-state index is -0.167. The second-order valence-corrected chi connectivity index (χ2v) is 8.01. The van der Waals surface area contributed by atoms with Gasteiger partial charge in [0.2, 0.25) is 0 Å². The van der Waals surface area contributed by atoms with Gasteiger partial charge < -0.3 is 15.5 Å². The summed E-state index contributed by atoms with van der Waals surface area (Å²) in [6.45, 7) is 16.6. The Labute approximate surface area is 183 Å². The summed E-state index contributed by atoms with van der Waals surface area (Å²) in [5, 5.41) is 11.3. The molecule has 0 atom stereocenters. The Hall–Kier alpha value is -2.36. The van der Waals surface area contributed by atoms with Crippen LogP contribution in [0.5, 0.6) is 5.75 Å². The molecule has 0 aliphatic carbocycles. The highest BCUT2D eigenvalue weighted by molar-refractivity contribution is 6.08. The zero-order valence-electron chi connectivity index (χ0n) is 20.2. The Bertz CT molecular complexity index is 810. The third-order valence-corrected chi connectivity index (χ3v) is 5.62. The number of nitrogens with one attached hydrogen (secondary N) is 2. The summed E-state index contributed by atoms with van der Waals surface area (Å²) in [4.78, 5) is 13.0. The maximum absolute atomic E-state index is 13.0. The zero-order valence-corrected chi connectivity index (χ0v) is 20.2. The van der Waals surface area contributed by atoms with Crippen molar-refractivity contribution < 1.29 is 9.53 Å². The molecule has 1 amide bonds. The van der Waals surface area contributed by atoms with Crippen LogP contribution < -0.4 is 10.1 Å². The van der Waals surface area contributed by atoms with Crippen molar-refractivity contribution in [2.75, 3.05) is 6.61 Å². The van der Waals surface area contributed by atoms with E-state index in [9.17, 15) is 4.79 Å². The van der Waals surface area contributed by atoms with Gasteiger partial charge >= 0.3 is 0 Å². The summed E-state index contributed by atoms with van der Waals surface area (Å²) < 4.78 is 5.90. The van der Waals surface area contributed by atoms with Crippen molar-refractivity contribution >= 4 is 17.3 Å². The van der Waals surface area contributed by atoms with Crippen molar-refractivity contribution in [1.29, 1.82) is 5.41 Å². The van der Waals surface area contributed by atoms with Crippen LogP contribution in [0.1, 0.15) is 98.1 Å². The van der Waals surface area contributed by atoms with Gasteiger partial charge in [-0.1, -0.05) is 38.8 Å². The predicted molar refractivity (Wildman–Crippen MR) is 128 cm³/mol. The second-order valence-electron chi connectivity index (χ2n) is 8.01. The lowest BCUT2D eigenvalue weighted by Gasteiger charge is -2.21. The van der Waals surface area contributed by atoms with Crippen molar-refractivity contribution in [1.82, 2.24) is 5.32 Å². The first-order valence-electron chi connectivity index (χ1n) is 11.2. The largest absolute Gasteiger partial charge is 0.493 e. The molecule has 2 N–H and O–H groups in total. The number of hydrogen-bond acceptors (Lipinski definition) is 3. The highest BCUT2D eigenvalue weighted by Crippen LogP contribution is 2.33. The molecular weight excluding hydrogens is 372 g/mol. The van der Waals surface area contributed by atoms with Gasteiger partial charge in [-0.15, -0.1) is 0 Å². The highest BCUT2D eigenvalue weighted by Gasteiger charge is 2.19. The molecule has 0 saturated heterocycles. The van der Waals surface area contributed by atoms with Crippen LogP contribution >= 0.6 is 0 Å². The van der Waals surface area contributed by atoms with Crippen LogP contribution in [0.2, 0.25) is 0 Å². The van der Waals surface area contributed by atoms with Gasteiger partial charge in [-0.25, -0.2) is 0 Å². The summed E-state index contributed by atoms with van der Waals surface area (Å²) in [5.41, 5.74) is 5.84. The van der Waals surface area contributed by atoms with Gasteiger partial charge in [0.15, 0.2) is 0 Å². The van der Waals surface area contributed by atoms with Crippen molar-refractivity contribution in [2.45, 2.75) is 87.0 Å². The SMILES string of the molecule is CCCC(=N)/C(C)=C(\C)C(=O)NC(=C(C)C)c1cc(C(CC)CC)ccc1OCC. The van der Waals surface area contributed by atoms with E-state index in [1.54, 1.807) is 6.92 Å². The third-order valence-electron chi connectivity index (χ3n) is 5.62. The summed E-state index contributed by atoms with van der Waals surface area (Å²) in [6, 6.07) is 6.32. The minimum Gasteiger partial charge on any atom is -0.493 e. The molecule has 0 bridgehead atoms. The van der Waals surface area contributed by atoms with E-state index in [0.717, 1.165) is 47.4 Å². The van der Waals surface area contributed by atoms with Crippen LogP contribution in [0.3, 0.4) is 0 Å². The molecule has 30 heavy (non-hydrogen) atoms. The normalized spacial score (nSPS) is 11.8. The number of benzene rings is 1.